The molecule has 0 bridgehead atoms. The van der Waals surface area contributed by atoms with Gasteiger partial charge in [-0.2, -0.15) is 0 Å². The molecule has 3 nitrogen and oxygen atoms in total. The second-order valence-corrected chi connectivity index (χ2v) is 4.22. The first-order valence-electron chi connectivity index (χ1n) is 6.17. The molecule has 0 unspecified atom stereocenters. The highest BCUT2D eigenvalue weighted by atomic mass is 16.5. The summed E-state index contributed by atoms with van der Waals surface area (Å²) in [4.78, 5) is 11.4. The maximum atomic E-state index is 11.4. The van der Waals surface area contributed by atoms with Gasteiger partial charge in [0.2, 0.25) is 0 Å². The number of aryl methyl sites for hydroxylation is 2. The van der Waals surface area contributed by atoms with Crippen LogP contribution in [0, 0.1) is 13.8 Å². The van der Waals surface area contributed by atoms with Gasteiger partial charge < -0.3 is 10.1 Å². The van der Waals surface area contributed by atoms with Crippen molar-refractivity contribution < 1.29 is 9.53 Å². The van der Waals surface area contributed by atoms with Gasteiger partial charge in [0.1, 0.15) is 0 Å². The highest BCUT2D eigenvalue weighted by molar-refractivity contribution is 5.88. The van der Waals surface area contributed by atoms with Crippen LogP contribution in [0.3, 0.4) is 0 Å². The number of esters is 1. The van der Waals surface area contributed by atoms with Gasteiger partial charge in [-0.25, -0.2) is 4.79 Å². The number of carbonyl (C=O) groups is 1. The average Bonchev–Trinajstić information content (AvgIpc) is 2.37. The molecule has 0 saturated heterocycles. The lowest BCUT2D eigenvalue weighted by atomic mass is 10.1. The number of para-hydroxylation sites is 1. The average molecular weight is 247 g/mol. The monoisotopic (exact) mass is 247 g/mol. The van der Waals surface area contributed by atoms with Crippen LogP contribution in [0.5, 0.6) is 0 Å². The van der Waals surface area contributed by atoms with Gasteiger partial charge in [0.15, 0.2) is 0 Å². The van der Waals surface area contributed by atoms with Crippen molar-refractivity contribution >= 4 is 11.7 Å². The Balaban J connectivity index is 2.71. The van der Waals surface area contributed by atoms with Gasteiger partial charge in [-0.05, 0) is 31.4 Å². The lowest BCUT2D eigenvalue weighted by Crippen LogP contribution is -2.08. The molecule has 0 saturated carbocycles. The van der Waals surface area contributed by atoms with E-state index in [1.807, 2.05) is 19.1 Å². The lowest BCUT2D eigenvalue weighted by molar-refractivity contribution is -0.136. The van der Waals surface area contributed by atoms with E-state index in [0.717, 1.165) is 5.69 Å². The van der Waals surface area contributed by atoms with Gasteiger partial charge >= 0.3 is 5.97 Å². The Morgan fingerprint density at radius 2 is 1.94 bits per heavy atom. The van der Waals surface area contributed by atoms with Crippen molar-refractivity contribution in [1.82, 2.24) is 0 Å². The lowest BCUT2D eigenvalue weighted by Gasteiger charge is -2.11. The number of rotatable bonds is 5. The summed E-state index contributed by atoms with van der Waals surface area (Å²) in [5, 5.41) is 3.34. The Kier molecular flexibility index (Phi) is 5.43. The largest absolute Gasteiger partial charge is 0.466 e. The molecule has 0 radical (unpaired) electrons. The van der Waals surface area contributed by atoms with E-state index in [2.05, 4.69) is 31.3 Å². The first-order valence-corrected chi connectivity index (χ1v) is 6.17. The predicted octanol–water partition coefficient (Wildman–Crippen LogP) is 3.22. The van der Waals surface area contributed by atoms with Crippen molar-refractivity contribution in [2.45, 2.75) is 27.2 Å². The predicted molar refractivity (Wildman–Crippen MR) is 74.8 cm³/mol. The van der Waals surface area contributed by atoms with Gasteiger partial charge in [0.25, 0.3) is 0 Å². The molecule has 0 aliphatic rings. The van der Waals surface area contributed by atoms with Crippen molar-refractivity contribution in [3.8, 4) is 0 Å². The second-order valence-electron chi connectivity index (χ2n) is 4.22. The third-order valence-electron chi connectivity index (χ3n) is 2.94. The van der Waals surface area contributed by atoms with E-state index in [0.29, 0.717) is 18.5 Å². The molecule has 0 atom stereocenters. The molecule has 1 N–H and O–H groups in total. The molecule has 0 fully saturated rings. The van der Waals surface area contributed by atoms with E-state index in [-0.39, 0.29) is 5.97 Å². The minimum atomic E-state index is -0.249. The van der Waals surface area contributed by atoms with Crippen molar-refractivity contribution in [1.29, 1.82) is 0 Å². The molecular weight excluding hydrogens is 226 g/mol. The number of nitrogens with one attached hydrogen (secondary N) is 1. The van der Waals surface area contributed by atoms with Gasteiger partial charge in [-0.15, -0.1) is 0 Å². The fraction of sp³-hybridized carbons (Fsp3) is 0.400. The molecular formula is C15H21NO2. The van der Waals surface area contributed by atoms with E-state index in [1.54, 1.807) is 0 Å². The summed E-state index contributed by atoms with van der Waals surface area (Å²) in [6.45, 7) is 6.71. The molecule has 98 valence electrons. The molecule has 0 aliphatic heterocycles. The topological polar surface area (TPSA) is 38.3 Å². The van der Waals surface area contributed by atoms with Crippen LogP contribution < -0.4 is 5.32 Å². The third-order valence-corrected chi connectivity index (χ3v) is 2.94. The van der Waals surface area contributed by atoms with Gasteiger partial charge in [-0.1, -0.05) is 31.2 Å². The number of hydrogen-bond donors (Lipinski definition) is 1. The number of carbonyl (C=O) groups excluding carboxylic acids is 1. The Morgan fingerprint density at radius 3 is 2.44 bits per heavy atom. The molecule has 0 aliphatic carbocycles. The fourth-order valence-corrected chi connectivity index (χ4v) is 1.87. The summed E-state index contributed by atoms with van der Waals surface area (Å²) in [5.41, 5.74) is 4.25. The number of methoxy groups -OCH3 is 1. The first kappa shape index (κ1) is 14.3. The highest BCUT2D eigenvalue weighted by Gasteiger charge is 2.06. The van der Waals surface area contributed by atoms with Crippen LogP contribution in [0.25, 0.3) is 0 Å². The van der Waals surface area contributed by atoms with Crippen LogP contribution in [0.2, 0.25) is 0 Å². The van der Waals surface area contributed by atoms with Crippen LogP contribution in [0.4, 0.5) is 5.69 Å². The Labute approximate surface area is 109 Å². The van der Waals surface area contributed by atoms with Gasteiger partial charge in [-0.3, -0.25) is 0 Å². The summed E-state index contributed by atoms with van der Waals surface area (Å²) < 4.78 is 4.72. The highest BCUT2D eigenvalue weighted by Crippen LogP contribution is 2.19. The second kappa shape index (κ2) is 6.84. The van der Waals surface area contributed by atoms with Crippen LogP contribution >= 0.6 is 0 Å². The van der Waals surface area contributed by atoms with E-state index >= 15 is 0 Å². The zero-order valence-corrected chi connectivity index (χ0v) is 11.5. The van der Waals surface area contributed by atoms with Crippen molar-refractivity contribution in [2.75, 3.05) is 19.0 Å². The minimum Gasteiger partial charge on any atom is -0.466 e. The smallest absolute Gasteiger partial charge is 0.333 e. The number of benzene rings is 1. The fourth-order valence-electron chi connectivity index (χ4n) is 1.87. The summed E-state index contributed by atoms with van der Waals surface area (Å²) >= 11 is 0. The van der Waals surface area contributed by atoms with E-state index in [4.69, 9.17) is 4.74 Å². The third kappa shape index (κ3) is 3.62. The summed E-state index contributed by atoms with van der Waals surface area (Å²) in [6, 6.07) is 6.18. The van der Waals surface area contributed by atoms with Gasteiger partial charge in [0.05, 0.1) is 7.11 Å². The van der Waals surface area contributed by atoms with Crippen LogP contribution in [-0.4, -0.2) is 19.6 Å². The zero-order valence-electron chi connectivity index (χ0n) is 11.5. The number of hydrogen-bond acceptors (Lipinski definition) is 3. The summed E-state index contributed by atoms with van der Waals surface area (Å²) in [5.74, 6) is -0.249. The zero-order chi connectivity index (χ0) is 13.5. The molecule has 3 heteroatoms. The molecule has 0 spiro atoms. The first-order chi connectivity index (χ1) is 8.60. The normalized spacial score (nSPS) is 11.2. The standard InChI is InChI=1S/C15H21NO2/c1-5-13(15(17)18-4)9-10-16-14-11(2)7-6-8-12(14)3/h6-9,16H,5,10H2,1-4H3/b13-9-. The molecule has 0 heterocycles. The van der Waals surface area contributed by atoms with Crippen molar-refractivity contribution in [3.63, 3.8) is 0 Å². The summed E-state index contributed by atoms with van der Waals surface area (Å²) in [6.07, 6.45) is 2.57. The number of anilines is 1. The number of ether oxygens (including phenoxy) is 1. The maximum absolute atomic E-state index is 11.4. The van der Waals surface area contributed by atoms with Crippen molar-refractivity contribution in [2.24, 2.45) is 0 Å². The molecule has 1 aromatic carbocycles. The Bertz CT molecular complexity index is 430. The van der Waals surface area contributed by atoms with E-state index < -0.39 is 0 Å². The molecule has 1 rings (SSSR count). The molecule has 0 amide bonds. The molecule has 18 heavy (non-hydrogen) atoms. The Morgan fingerprint density at radius 1 is 1.33 bits per heavy atom. The van der Waals surface area contributed by atoms with Crippen LogP contribution in [0.15, 0.2) is 29.8 Å². The van der Waals surface area contributed by atoms with E-state index in [9.17, 15) is 4.79 Å². The molecule has 1 aromatic rings. The maximum Gasteiger partial charge on any atom is 0.333 e. The SMILES string of the molecule is CC/C(=C/CNc1c(C)cccc1C)C(=O)OC. The van der Waals surface area contributed by atoms with Crippen LogP contribution in [0.1, 0.15) is 24.5 Å². The minimum absolute atomic E-state index is 0.249. The van der Waals surface area contributed by atoms with Crippen molar-refractivity contribution in [3.05, 3.63) is 41.0 Å². The van der Waals surface area contributed by atoms with Gasteiger partial charge in [0, 0.05) is 17.8 Å². The summed E-state index contributed by atoms with van der Waals surface area (Å²) in [7, 11) is 1.41. The van der Waals surface area contributed by atoms with Crippen LogP contribution in [-0.2, 0) is 9.53 Å². The molecule has 0 aromatic heterocycles. The Hall–Kier alpha value is -1.77. The van der Waals surface area contributed by atoms with E-state index in [1.165, 1.54) is 18.2 Å². The quantitative estimate of drug-likeness (QED) is 0.641.